The number of carbonyl (C=O) groups is 3. The number of hydrogen-bond donors (Lipinski definition) is 2. The van der Waals surface area contributed by atoms with E-state index in [1.807, 2.05) is 19.9 Å². The van der Waals surface area contributed by atoms with Gasteiger partial charge in [0.2, 0.25) is 0 Å². The van der Waals surface area contributed by atoms with Gasteiger partial charge in [0.25, 0.3) is 0 Å². The maximum absolute atomic E-state index is 13.4. The first-order chi connectivity index (χ1) is 14.2. The molecule has 2 amide bonds. The lowest BCUT2D eigenvalue weighted by atomic mass is 9.99. The van der Waals surface area contributed by atoms with E-state index in [0.29, 0.717) is 16.8 Å². The Morgan fingerprint density at radius 1 is 1.23 bits per heavy atom. The molecule has 8 nitrogen and oxygen atoms in total. The lowest BCUT2D eigenvalue weighted by molar-refractivity contribution is 0.0519. The van der Waals surface area contributed by atoms with Crippen molar-refractivity contribution < 1.29 is 19.1 Å². The molecule has 2 N–H and O–H groups in total. The van der Waals surface area contributed by atoms with E-state index in [1.165, 1.54) is 4.90 Å². The minimum absolute atomic E-state index is 0.0812. The maximum atomic E-state index is 13.4. The van der Waals surface area contributed by atoms with Gasteiger partial charge in [0, 0.05) is 36.2 Å². The molecule has 2 aromatic rings. The summed E-state index contributed by atoms with van der Waals surface area (Å²) in [6.07, 6.45) is 3.32. The molecular weight excluding hydrogens is 384 g/mol. The molecule has 0 spiro atoms. The smallest absolute Gasteiger partial charge is 0.355 e. The molecule has 0 bridgehead atoms. The van der Waals surface area contributed by atoms with Crippen LogP contribution >= 0.6 is 0 Å². The summed E-state index contributed by atoms with van der Waals surface area (Å²) in [6.45, 7) is 11.0. The Hall–Kier alpha value is -3.16. The molecule has 0 radical (unpaired) electrons. The summed E-state index contributed by atoms with van der Waals surface area (Å²) in [7, 11) is 0. The Labute approximate surface area is 177 Å². The number of aryl methyl sites for hydroxylation is 1. The Morgan fingerprint density at radius 3 is 2.50 bits per heavy atom. The number of esters is 1. The number of H-pyrrole nitrogens is 1. The maximum Gasteiger partial charge on any atom is 0.355 e. The third-order valence-corrected chi connectivity index (χ3v) is 4.76. The van der Waals surface area contributed by atoms with Gasteiger partial charge in [0.1, 0.15) is 5.69 Å². The van der Waals surface area contributed by atoms with E-state index in [-0.39, 0.29) is 36.7 Å². The molecule has 0 aliphatic heterocycles. The van der Waals surface area contributed by atoms with Crippen molar-refractivity contribution in [3.8, 4) is 0 Å². The number of Topliss-reactive ketones (excluding diaryl/α,β-unsaturated/α-hetero) is 1. The van der Waals surface area contributed by atoms with Gasteiger partial charge in [0.05, 0.1) is 12.6 Å². The number of aromatic amines is 1. The van der Waals surface area contributed by atoms with Crippen LogP contribution in [0, 0.1) is 13.8 Å². The van der Waals surface area contributed by atoms with Gasteiger partial charge < -0.3 is 19.9 Å². The Morgan fingerprint density at radius 2 is 1.93 bits per heavy atom. The summed E-state index contributed by atoms with van der Waals surface area (Å²) >= 11 is 0. The largest absolute Gasteiger partial charge is 0.461 e. The number of ether oxygens (including phenoxy) is 1. The van der Waals surface area contributed by atoms with E-state index < -0.39 is 12.0 Å². The van der Waals surface area contributed by atoms with Gasteiger partial charge in [0.15, 0.2) is 5.78 Å². The van der Waals surface area contributed by atoms with Crippen LogP contribution in [0.2, 0.25) is 0 Å². The Kier molecular flexibility index (Phi) is 7.74. The molecule has 1 atom stereocenters. The number of nitrogens with one attached hydrogen (secondary N) is 2. The summed E-state index contributed by atoms with van der Waals surface area (Å²) in [4.78, 5) is 47.0. The quantitative estimate of drug-likeness (QED) is 0.509. The SMILES string of the molecule is CCOC(=O)c1[nH]c(C)c(C(=O)C(C)N(Cc2cccnc2)C(=O)NC(C)C)c1C. The van der Waals surface area contributed by atoms with Crippen LogP contribution in [0.15, 0.2) is 24.5 Å². The van der Waals surface area contributed by atoms with Crippen LogP contribution in [-0.2, 0) is 11.3 Å². The molecule has 162 valence electrons. The molecule has 0 aliphatic carbocycles. The van der Waals surface area contributed by atoms with Gasteiger partial charge in [-0.1, -0.05) is 6.07 Å². The first kappa shape index (κ1) is 23.1. The summed E-state index contributed by atoms with van der Waals surface area (Å²) in [5.74, 6) is -0.755. The van der Waals surface area contributed by atoms with Gasteiger partial charge >= 0.3 is 12.0 Å². The van der Waals surface area contributed by atoms with Crippen molar-refractivity contribution >= 4 is 17.8 Å². The predicted molar refractivity (Wildman–Crippen MR) is 113 cm³/mol. The second-order valence-corrected chi connectivity index (χ2v) is 7.48. The summed E-state index contributed by atoms with van der Waals surface area (Å²) in [6, 6.07) is 2.46. The first-order valence-corrected chi connectivity index (χ1v) is 10.0. The fourth-order valence-electron chi connectivity index (χ4n) is 3.28. The van der Waals surface area contributed by atoms with E-state index in [0.717, 1.165) is 5.56 Å². The Bertz CT molecular complexity index is 905. The number of rotatable bonds is 8. The number of nitrogens with zero attached hydrogens (tertiary/aromatic N) is 2. The lowest BCUT2D eigenvalue weighted by Gasteiger charge is -2.29. The van der Waals surface area contributed by atoms with E-state index in [4.69, 9.17) is 4.74 Å². The molecule has 0 saturated heterocycles. The van der Waals surface area contributed by atoms with Crippen molar-refractivity contribution in [1.82, 2.24) is 20.2 Å². The second-order valence-electron chi connectivity index (χ2n) is 7.48. The van der Waals surface area contributed by atoms with E-state index in [9.17, 15) is 14.4 Å². The van der Waals surface area contributed by atoms with Crippen molar-refractivity contribution in [2.24, 2.45) is 0 Å². The number of pyridine rings is 1. The predicted octanol–water partition coefficient (Wildman–Crippen LogP) is 3.39. The molecule has 30 heavy (non-hydrogen) atoms. The normalized spacial score (nSPS) is 11.8. The highest BCUT2D eigenvalue weighted by molar-refractivity contribution is 6.06. The summed E-state index contributed by atoms with van der Waals surface area (Å²) in [5.41, 5.74) is 2.56. The molecule has 2 rings (SSSR count). The van der Waals surface area contributed by atoms with Crippen molar-refractivity contribution in [1.29, 1.82) is 0 Å². The van der Waals surface area contributed by atoms with Gasteiger partial charge in [-0.2, -0.15) is 0 Å². The van der Waals surface area contributed by atoms with Crippen LogP contribution in [0.3, 0.4) is 0 Å². The van der Waals surface area contributed by atoms with Crippen LogP contribution in [0.25, 0.3) is 0 Å². The number of hydrogen-bond acceptors (Lipinski definition) is 5. The zero-order valence-electron chi connectivity index (χ0n) is 18.4. The monoisotopic (exact) mass is 414 g/mol. The molecule has 2 heterocycles. The lowest BCUT2D eigenvalue weighted by Crippen LogP contribution is -2.49. The highest BCUT2D eigenvalue weighted by atomic mass is 16.5. The number of aromatic nitrogens is 2. The van der Waals surface area contributed by atoms with E-state index >= 15 is 0 Å². The van der Waals surface area contributed by atoms with Crippen LogP contribution in [0.1, 0.15) is 65.4 Å². The third kappa shape index (κ3) is 5.25. The Balaban J connectivity index is 2.37. The minimum atomic E-state index is -0.757. The number of carbonyl (C=O) groups excluding carboxylic acids is 3. The van der Waals surface area contributed by atoms with Crippen LogP contribution < -0.4 is 5.32 Å². The van der Waals surface area contributed by atoms with Gasteiger partial charge in [-0.05, 0) is 58.7 Å². The summed E-state index contributed by atoms with van der Waals surface area (Å²) < 4.78 is 5.06. The van der Waals surface area contributed by atoms with Crippen LogP contribution in [0.4, 0.5) is 4.79 Å². The van der Waals surface area contributed by atoms with Crippen molar-refractivity contribution in [3.63, 3.8) is 0 Å². The first-order valence-electron chi connectivity index (χ1n) is 10.0. The van der Waals surface area contributed by atoms with Crippen LogP contribution in [-0.4, -0.2) is 51.3 Å². The second kappa shape index (κ2) is 10.0. The molecule has 8 heteroatoms. The standard InChI is InChI=1S/C22H30N4O4/c1-7-30-21(28)19-14(4)18(15(5)25-19)20(27)16(6)26(22(29)24-13(2)3)12-17-9-8-10-23-11-17/h8-11,13,16,25H,7,12H2,1-6H3,(H,24,29). The highest BCUT2D eigenvalue weighted by Crippen LogP contribution is 2.23. The highest BCUT2D eigenvalue weighted by Gasteiger charge is 2.31. The van der Waals surface area contributed by atoms with E-state index in [2.05, 4.69) is 15.3 Å². The van der Waals surface area contributed by atoms with Crippen molar-refractivity contribution in [3.05, 3.63) is 52.6 Å². The molecule has 2 aromatic heterocycles. The average molecular weight is 415 g/mol. The zero-order valence-corrected chi connectivity index (χ0v) is 18.4. The van der Waals surface area contributed by atoms with Crippen LogP contribution in [0.5, 0.6) is 0 Å². The topological polar surface area (TPSA) is 104 Å². The van der Waals surface area contributed by atoms with Crippen molar-refractivity contribution in [2.45, 2.75) is 60.2 Å². The summed E-state index contributed by atoms with van der Waals surface area (Å²) in [5, 5.41) is 2.85. The van der Waals surface area contributed by atoms with Crippen molar-refractivity contribution in [2.75, 3.05) is 6.61 Å². The fraction of sp³-hybridized carbons (Fsp3) is 0.455. The number of ketones is 1. The third-order valence-electron chi connectivity index (χ3n) is 4.76. The molecule has 0 saturated carbocycles. The average Bonchev–Trinajstić information content (AvgIpc) is 2.99. The molecular formula is C22H30N4O4. The number of urea groups is 1. The molecule has 1 unspecified atom stereocenters. The minimum Gasteiger partial charge on any atom is -0.461 e. The zero-order chi connectivity index (χ0) is 22.4. The molecule has 0 fully saturated rings. The number of amides is 2. The van der Waals surface area contributed by atoms with Gasteiger partial charge in [-0.3, -0.25) is 9.78 Å². The van der Waals surface area contributed by atoms with Gasteiger partial charge in [-0.15, -0.1) is 0 Å². The van der Waals surface area contributed by atoms with E-state index in [1.54, 1.807) is 46.2 Å². The molecule has 0 aromatic carbocycles. The molecule has 0 aliphatic rings. The van der Waals surface area contributed by atoms with Gasteiger partial charge in [-0.25, -0.2) is 9.59 Å². The fourth-order valence-corrected chi connectivity index (χ4v) is 3.28.